The molecule has 0 aliphatic carbocycles. The van der Waals surface area contributed by atoms with Crippen molar-refractivity contribution >= 4 is 5.97 Å². The summed E-state index contributed by atoms with van der Waals surface area (Å²) in [7, 11) is 1.40. The molecule has 4 heteroatoms. The third kappa shape index (κ3) is 3.29. The standard InChI is InChI=1S/C14H22N2O2/c1-8-7-9(2)15-10(3)13(8)11(4)16-12(5)14(17)18-6/h7,11-12,16H,1-6H3. The van der Waals surface area contributed by atoms with Crippen LogP contribution in [0, 0.1) is 20.8 Å². The SMILES string of the molecule is COC(=O)C(C)NC(C)c1c(C)cc(C)nc1C. The number of aryl methyl sites for hydroxylation is 3. The van der Waals surface area contributed by atoms with Gasteiger partial charge in [0.25, 0.3) is 0 Å². The molecule has 100 valence electrons. The van der Waals surface area contributed by atoms with Crippen LogP contribution in [-0.4, -0.2) is 24.1 Å². The number of rotatable bonds is 4. The van der Waals surface area contributed by atoms with Crippen molar-refractivity contribution in [3.63, 3.8) is 0 Å². The average Bonchev–Trinajstić information content (AvgIpc) is 2.26. The molecule has 2 atom stereocenters. The number of nitrogens with one attached hydrogen (secondary N) is 1. The van der Waals surface area contributed by atoms with E-state index in [1.54, 1.807) is 6.92 Å². The third-order valence-corrected chi connectivity index (χ3v) is 3.07. The number of carbonyl (C=O) groups excluding carboxylic acids is 1. The number of hydrogen-bond acceptors (Lipinski definition) is 4. The van der Waals surface area contributed by atoms with Gasteiger partial charge in [0.05, 0.1) is 7.11 Å². The minimum Gasteiger partial charge on any atom is -0.468 e. The van der Waals surface area contributed by atoms with E-state index in [9.17, 15) is 4.79 Å². The van der Waals surface area contributed by atoms with Gasteiger partial charge in [-0.25, -0.2) is 0 Å². The first-order valence-corrected chi connectivity index (χ1v) is 6.15. The maximum atomic E-state index is 11.4. The van der Waals surface area contributed by atoms with E-state index in [0.717, 1.165) is 17.0 Å². The van der Waals surface area contributed by atoms with E-state index in [-0.39, 0.29) is 18.1 Å². The molecular formula is C14H22N2O2. The number of esters is 1. The molecule has 0 saturated heterocycles. The Balaban J connectivity index is 2.91. The highest BCUT2D eigenvalue weighted by atomic mass is 16.5. The Labute approximate surface area is 109 Å². The Kier molecular flexibility index (Phi) is 4.84. The van der Waals surface area contributed by atoms with Crippen LogP contribution >= 0.6 is 0 Å². The maximum absolute atomic E-state index is 11.4. The largest absolute Gasteiger partial charge is 0.468 e. The Morgan fingerprint density at radius 1 is 1.33 bits per heavy atom. The topological polar surface area (TPSA) is 51.2 Å². The van der Waals surface area contributed by atoms with E-state index >= 15 is 0 Å². The summed E-state index contributed by atoms with van der Waals surface area (Å²) in [5.41, 5.74) is 4.36. The van der Waals surface area contributed by atoms with Crippen molar-refractivity contribution in [3.05, 3.63) is 28.6 Å². The van der Waals surface area contributed by atoms with Crippen LogP contribution in [0.5, 0.6) is 0 Å². The van der Waals surface area contributed by atoms with Crippen molar-refractivity contribution in [2.24, 2.45) is 0 Å². The zero-order chi connectivity index (χ0) is 13.9. The lowest BCUT2D eigenvalue weighted by Gasteiger charge is -2.22. The summed E-state index contributed by atoms with van der Waals surface area (Å²) in [6.45, 7) is 9.88. The van der Waals surface area contributed by atoms with Gasteiger partial charge in [-0.15, -0.1) is 0 Å². The highest BCUT2D eigenvalue weighted by Crippen LogP contribution is 2.21. The summed E-state index contributed by atoms with van der Waals surface area (Å²) < 4.78 is 4.71. The first kappa shape index (κ1) is 14.6. The summed E-state index contributed by atoms with van der Waals surface area (Å²) in [5, 5.41) is 3.23. The average molecular weight is 250 g/mol. The fourth-order valence-corrected chi connectivity index (χ4v) is 2.39. The van der Waals surface area contributed by atoms with Crippen molar-refractivity contribution in [1.82, 2.24) is 10.3 Å². The first-order valence-electron chi connectivity index (χ1n) is 6.15. The molecular weight excluding hydrogens is 228 g/mol. The molecule has 4 nitrogen and oxygen atoms in total. The van der Waals surface area contributed by atoms with Gasteiger partial charge >= 0.3 is 5.97 Å². The zero-order valence-corrected chi connectivity index (χ0v) is 12.0. The van der Waals surface area contributed by atoms with E-state index in [1.165, 1.54) is 12.7 Å². The number of pyridine rings is 1. The fourth-order valence-electron chi connectivity index (χ4n) is 2.39. The highest BCUT2D eigenvalue weighted by molar-refractivity contribution is 5.75. The number of carbonyl (C=O) groups is 1. The van der Waals surface area contributed by atoms with Gasteiger partial charge in [-0.05, 0) is 51.8 Å². The molecule has 1 heterocycles. The molecule has 0 aliphatic heterocycles. The first-order chi connectivity index (χ1) is 8.36. The Bertz CT molecular complexity index is 420. The predicted molar refractivity (Wildman–Crippen MR) is 71.5 cm³/mol. The number of ether oxygens (including phenoxy) is 1. The molecule has 0 spiro atoms. The number of hydrogen-bond donors (Lipinski definition) is 1. The highest BCUT2D eigenvalue weighted by Gasteiger charge is 2.19. The van der Waals surface area contributed by atoms with Crippen LogP contribution in [0.15, 0.2) is 6.07 Å². The Hall–Kier alpha value is -1.42. The van der Waals surface area contributed by atoms with Crippen molar-refractivity contribution in [2.45, 2.75) is 46.7 Å². The molecule has 1 rings (SSSR count). The van der Waals surface area contributed by atoms with Crippen molar-refractivity contribution in [3.8, 4) is 0 Å². The third-order valence-electron chi connectivity index (χ3n) is 3.07. The van der Waals surface area contributed by atoms with Crippen molar-refractivity contribution in [2.75, 3.05) is 7.11 Å². The lowest BCUT2D eigenvalue weighted by atomic mass is 10.00. The Morgan fingerprint density at radius 2 is 1.94 bits per heavy atom. The van der Waals surface area contributed by atoms with Crippen LogP contribution < -0.4 is 5.32 Å². The Morgan fingerprint density at radius 3 is 2.44 bits per heavy atom. The lowest BCUT2D eigenvalue weighted by molar-refractivity contribution is -0.142. The number of methoxy groups -OCH3 is 1. The second kappa shape index (κ2) is 5.96. The minimum absolute atomic E-state index is 0.0622. The lowest BCUT2D eigenvalue weighted by Crippen LogP contribution is -2.37. The zero-order valence-electron chi connectivity index (χ0n) is 12.0. The molecule has 1 aromatic heterocycles. The summed E-state index contributed by atoms with van der Waals surface area (Å²) >= 11 is 0. The van der Waals surface area contributed by atoms with Gasteiger partial charge in [-0.3, -0.25) is 15.1 Å². The van der Waals surface area contributed by atoms with E-state index in [4.69, 9.17) is 4.74 Å². The summed E-state index contributed by atoms with van der Waals surface area (Å²) in [4.78, 5) is 15.9. The normalized spacial score (nSPS) is 14.1. The molecule has 1 aromatic rings. The molecule has 0 amide bonds. The summed E-state index contributed by atoms with van der Waals surface area (Å²) in [5.74, 6) is -0.253. The van der Waals surface area contributed by atoms with E-state index < -0.39 is 0 Å². The molecule has 0 saturated carbocycles. The smallest absolute Gasteiger partial charge is 0.322 e. The minimum atomic E-state index is -0.329. The van der Waals surface area contributed by atoms with Crippen molar-refractivity contribution < 1.29 is 9.53 Å². The summed E-state index contributed by atoms with van der Waals surface area (Å²) in [6.07, 6.45) is 0. The predicted octanol–water partition coefficient (Wildman–Crippen LogP) is 2.22. The van der Waals surface area contributed by atoms with Crippen LogP contribution in [0.1, 0.15) is 42.4 Å². The van der Waals surface area contributed by atoms with Gasteiger partial charge in [0.2, 0.25) is 0 Å². The quantitative estimate of drug-likeness (QED) is 0.832. The molecule has 0 radical (unpaired) electrons. The number of aromatic nitrogens is 1. The van der Waals surface area contributed by atoms with Gasteiger partial charge in [0, 0.05) is 17.4 Å². The molecule has 0 aliphatic rings. The van der Waals surface area contributed by atoms with E-state index in [2.05, 4.69) is 23.3 Å². The van der Waals surface area contributed by atoms with Gasteiger partial charge in [-0.1, -0.05) is 0 Å². The van der Waals surface area contributed by atoms with E-state index in [1.807, 2.05) is 20.8 Å². The van der Waals surface area contributed by atoms with E-state index in [0.29, 0.717) is 0 Å². The van der Waals surface area contributed by atoms with Gasteiger partial charge in [-0.2, -0.15) is 0 Å². The van der Waals surface area contributed by atoms with Crippen LogP contribution in [0.25, 0.3) is 0 Å². The fraction of sp³-hybridized carbons (Fsp3) is 0.571. The van der Waals surface area contributed by atoms with Crippen LogP contribution in [0.4, 0.5) is 0 Å². The van der Waals surface area contributed by atoms with Gasteiger partial charge in [0.15, 0.2) is 0 Å². The second-order valence-corrected chi connectivity index (χ2v) is 4.71. The van der Waals surface area contributed by atoms with Crippen LogP contribution in [0.2, 0.25) is 0 Å². The molecule has 1 N–H and O–H groups in total. The summed E-state index contributed by atoms with van der Waals surface area (Å²) in [6, 6.07) is 1.79. The van der Waals surface area contributed by atoms with Gasteiger partial charge in [0.1, 0.15) is 6.04 Å². The van der Waals surface area contributed by atoms with Crippen LogP contribution in [0.3, 0.4) is 0 Å². The van der Waals surface area contributed by atoms with Crippen LogP contribution in [-0.2, 0) is 9.53 Å². The molecule has 0 bridgehead atoms. The monoisotopic (exact) mass is 250 g/mol. The molecule has 0 fully saturated rings. The molecule has 2 unspecified atom stereocenters. The molecule has 0 aromatic carbocycles. The van der Waals surface area contributed by atoms with Gasteiger partial charge < -0.3 is 4.74 Å². The number of nitrogens with zero attached hydrogens (tertiary/aromatic N) is 1. The van der Waals surface area contributed by atoms with Crippen molar-refractivity contribution in [1.29, 1.82) is 0 Å². The second-order valence-electron chi connectivity index (χ2n) is 4.71. The maximum Gasteiger partial charge on any atom is 0.322 e. The molecule has 18 heavy (non-hydrogen) atoms.